The van der Waals surface area contributed by atoms with Crippen LogP contribution < -0.4 is 15.5 Å². The van der Waals surface area contributed by atoms with E-state index >= 15 is 0 Å². The molecule has 2 aliphatic rings. The zero-order valence-electron chi connectivity index (χ0n) is 22.7. The molecule has 0 aliphatic carbocycles. The van der Waals surface area contributed by atoms with Crippen LogP contribution in [0.25, 0.3) is 0 Å². The highest BCUT2D eigenvalue weighted by Gasteiger charge is 2.28. The Labute approximate surface area is 228 Å². The van der Waals surface area contributed by atoms with Crippen LogP contribution >= 0.6 is 0 Å². The number of rotatable bonds is 5. The van der Waals surface area contributed by atoms with Crippen molar-refractivity contribution < 1.29 is 24.3 Å². The van der Waals surface area contributed by atoms with Crippen LogP contribution in [0.15, 0.2) is 47.6 Å². The minimum absolute atomic E-state index is 0.0892. The minimum Gasteiger partial charge on any atom is -0.445 e. The molecule has 2 amide bonds. The van der Waals surface area contributed by atoms with Gasteiger partial charge in [0.2, 0.25) is 0 Å². The summed E-state index contributed by atoms with van der Waals surface area (Å²) in [6.45, 7) is 10.1. The van der Waals surface area contributed by atoms with Gasteiger partial charge in [-0.3, -0.25) is 0 Å². The van der Waals surface area contributed by atoms with E-state index in [1.165, 1.54) is 0 Å². The van der Waals surface area contributed by atoms with Gasteiger partial charge in [0.15, 0.2) is 5.84 Å². The van der Waals surface area contributed by atoms with Crippen LogP contribution in [0, 0.1) is 0 Å². The lowest BCUT2D eigenvalue weighted by Crippen LogP contribution is -2.50. The molecule has 3 N–H and O–H groups in total. The van der Waals surface area contributed by atoms with Crippen molar-refractivity contribution in [2.45, 2.75) is 33.0 Å². The number of ether oxygens (including phenoxy) is 2. The molecule has 12 nitrogen and oxygen atoms in total. The molecule has 2 aromatic rings. The van der Waals surface area contributed by atoms with E-state index in [-0.39, 0.29) is 24.6 Å². The summed E-state index contributed by atoms with van der Waals surface area (Å²) in [5.41, 5.74) is 7.51. The molecule has 0 radical (unpaired) electrons. The fourth-order valence-corrected chi connectivity index (χ4v) is 4.43. The van der Waals surface area contributed by atoms with E-state index in [2.05, 4.69) is 19.9 Å². The lowest BCUT2D eigenvalue weighted by molar-refractivity contribution is 0.0240. The second-order valence-corrected chi connectivity index (χ2v) is 10.5. The zero-order chi connectivity index (χ0) is 28.0. The number of nitrogens with zero attached hydrogens (tertiary/aromatic N) is 6. The van der Waals surface area contributed by atoms with Crippen LogP contribution in [0.4, 0.5) is 21.1 Å². The monoisotopic (exact) mass is 539 g/mol. The summed E-state index contributed by atoms with van der Waals surface area (Å²) >= 11 is 0. The molecular formula is C27H37N7O5. The van der Waals surface area contributed by atoms with E-state index in [0.29, 0.717) is 63.9 Å². The Morgan fingerprint density at radius 2 is 1.51 bits per heavy atom. The van der Waals surface area contributed by atoms with Crippen molar-refractivity contribution in [3.05, 3.63) is 53.7 Å². The Bertz CT molecular complexity index is 1170. The number of aromatic nitrogens is 1. The maximum absolute atomic E-state index is 12.6. The second kappa shape index (κ2) is 12.1. The van der Waals surface area contributed by atoms with Gasteiger partial charge in [-0.05, 0) is 32.4 Å². The Morgan fingerprint density at radius 3 is 2.10 bits per heavy atom. The summed E-state index contributed by atoms with van der Waals surface area (Å²) < 4.78 is 11.0. The molecule has 1 aromatic heterocycles. The number of benzene rings is 1. The third-order valence-electron chi connectivity index (χ3n) is 6.53. The van der Waals surface area contributed by atoms with Crippen molar-refractivity contribution >= 4 is 29.5 Å². The predicted octanol–water partition coefficient (Wildman–Crippen LogP) is 2.69. The van der Waals surface area contributed by atoms with E-state index in [0.717, 1.165) is 11.3 Å². The number of amidine groups is 1. The van der Waals surface area contributed by atoms with E-state index in [9.17, 15) is 14.8 Å². The van der Waals surface area contributed by atoms with Crippen molar-refractivity contribution in [1.29, 1.82) is 0 Å². The predicted molar refractivity (Wildman–Crippen MR) is 147 cm³/mol. The van der Waals surface area contributed by atoms with E-state index in [1.807, 2.05) is 57.2 Å². The fraction of sp³-hybridized carbons (Fsp3) is 0.481. The summed E-state index contributed by atoms with van der Waals surface area (Å²) in [6.07, 6.45) is -0.671. The Balaban J connectivity index is 1.39. The van der Waals surface area contributed by atoms with Crippen molar-refractivity contribution in [1.82, 2.24) is 14.8 Å². The highest BCUT2D eigenvalue weighted by Crippen LogP contribution is 2.25. The van der Waals surface area contributed by atoms with Crippen LogP contribution in [0.1, 0.15) is 32.0 Å². The molecule has 0 saturated carbocycles. The first-order valence-corrected chi connectivity index (χ1v) is 13.1. The molecule has 39 heavy (non-hydrogen) atoms. The molecule has 0 unspecified atom stereocenters. The SMILES string of the molecule is CC(C)(C)OC(=O)N1CCN(c2cc(N3CCN(C(=O)OCc4ccccc4)CC3)cc(/C(N)=N/O)n2)CC1. The lowest BCUT2D eigenvalue weighted by atomic mass is 10.2. The van der Waals surface area contributed by atoms with Gasteiger partial charge in [-0.1, -0.05) is 35.5 Å². The first-order chi connectivity index (χ1) is 18.6. The number of carbonyl (C=O) groups excluding carboxylic acids is 2. The van der Waals surface area contributed by atoms with Gasteiger partial charge < -0.3 is 40.0 Å². The molecule has 0 bridgehead atoms. The summed E-state index contributed by atoms with van der Waals surface area (Å²) in [5.74, 6) is 0.580. The first-order valence-electron chi connectivity index (χ1n) is 13.1. The van der Waals surface area contributed by atoms with Gasteiger partial charge in [0.1, 0.15) is 23.7 Å². The number of carbonyl (C=O) groups is 2. The maximum atomic E-state index is 12.6. The van der Waals surface area contributed by atoms with Crippen LogP contribution in [0.3, 0.4) is 0 Å². The minimum atomic E-state index is -0.553. The van der Waals surface area contributed by atoms with Gasteiger partial charge in [-0.15, -0.1) is 0 Å². The van der Waals surface area contributed by atoms with Crippen LogP contribution in [0.2, 0.25) is 0 Å². The zero-order valence-corrected chi connectivity index (χ0v) is 22.7. The number of nitrogens with two attached hydrogens (primary N) is 1. The van der Waals surface area contributed by atoms with Gasteiger partial charge in [0.05, 0.1) is 0 Å². The quantitative estimate of drug-likeness (QED) is 0.254. The number of pyridine rings is 1. The van der Waals surface area contributed by atoms with Gasteiger partial charge in [0.25, 0.3) is 0 Å². The first kappa shape index (κ1) is 27.8. The van der Waals surface area contributed by atoms with Crippen molar-refractivity contribution in [2.75, 3.05) is 62.2 Å². The topological polar surface area (TPSA) is 137 Å². The summed E-state index contributed by atoms with van der Waals surface area (Å²) in [6, 6.07) is 13.3. The summed E-state index contributed by atoms with van der Waals surface area (Å²) in [4.78, 5) is 37.2. The molecule has 3 heterocycles. The fourth-order valence-electron chi connectivity index (χ4n) is 4.43. The number of oxime groups is 1. The summed E-state index contributed by atoms with van der Waals surface area (Å²) in [5, 5.41) is 12.4. The highest BCUT2D eigenvalue weighted by molar-refractivity contribution is 5.96. The average Bonchev–Trinajstić information content (AvgIpc) is 2.95. The maximum Gasteiger partial charge on any atom is 0.410 e. The Hall–Kier alpha value is -4.22. The van der Waals surface area contributed by atoms with Crippen molar-refractivity contribution in [3.8, 4) is 0 Å². The van der Waals surface area contributed by atoms with E-state index in [4.69, 9.17) is 15.2 Å². The molecule has 12 heteroatoms. The van der Waals surface area contributed by atoms with Gasteiger partial charge in [-0.25, -0.2) is 14.6 Å². The van der Waals surface area contributed by atoms with E-state index < -0.39 is 5.60 Å². The smallest absolute Gasteiger partial charge is 0.410 e. The Kier molecular flexibility index (Phi) is 8.62. The largest absolute Gasteiger partial charge is 0.445 e. The number of hydrogen-bond acceptors (Lipinski definition) is 9. The van der Waals surface area contributed by atoms with Crippen LogP contribution in [0.5, 0.6) is 0 Å². The van der Waals surface area contributed by atoms with Crippen molar-refractivity contribution in [2.24, 2.45) is 10.9 Å². The lowest BCUT2D eigenvalue weighted by Gasteiger charge is -2.38. The number of hydrogen-bond donors (Lipinski definition) is 2. The molecule has 2 saturated heterocycles. The normalized spacial score (nSPS) is 16.7. The van der Waals surface area contributed by atoms with Gasteiger partial charge >= 0.3 is 12.2 Å². The molecular weight excluding hydrogens is 502 g/mol. The van der Waals surface area contributed by atoms with Crippen LogP contribution in [-0.4, -0.2) is 96.0 Å². The molecule has 0 atom stereocenters. The summed E-state index contributed by atoms with van der Waals surface area (Å²) in [7, 11) is 0. The van der Waals surface area contributed by atoms with Gasteiger partial charge in [-0.2, -0.15) is 0 Å². The second-order valence-electron chi connectivity index (χ2n) is 10.5. The van der Waals surface area contributed by atoms with Crippen molar-refractivity contribution in [3.63, 3.8) is 0 Å². The molecule has 210 valence electrons. The molecule has 4 rings (SSSR count). The number of anilines is 2. The standard InChI is InChI=1S/C27H37N7O5/c1-27(2,3)39-26(36)34-15-11-32(12-16-34)23-18-21(17-22(29-23)24(28)30-37)31-9-13-33(14-10-31)25(35)38-19-20-7-5-4-6-8-20/h4-8,17-18,37H,9-16,19H2,1-3H3,(H2,28,30). The third kappa shape index (κ3) is 7.43. The van der Waals surface area contributed by atoms with Crippen LogP contribution in [-0.2, 0) is 16.1 Å². The average molecular weight is 540 g/mol. The molecule has 0 spiro atoms. The number of piperazine rings is 2. The van der Waals surface area contributed by atoms with E-state index in [1.54, 1.807) is 15.9 Å². The molecule has 2 aliphatic heterocycles. The molecule has 1 aromatic carbocycles. The highest BCUT2D eigenvalue weighted by atomic mass is 16.6. The Morgan fingerprint density at radius 1 is 0.923 bits per heavy atom. The van der Waals surface area contributed by atoms with Gasteiger partial charge in [0, 0.05) is 64.1 Å². The molecule has 2 fully saturated rings. The third-order valence-corrected chi connectivity index (χ3v) is 6.53. The number of amides is 2.